The Morgan fingerprint density at radius 2 is 2.06 bits per heavy atom. The minimum Gasteiger partial charge on any atom is -0.396 e. The van der Waals surface area contributed by atoms with Gasteiger partial charge in [-0.05, 0) is 25.3 Å². The number of aliphatic hydroxyl groups excluding tert-OH is 1. The van der Waals surface area contributed by atoms with E-state index >= 15 is 0 Å². The molecule has 0 bridgehead atoms. The first-order chi connectivity index (χ1) is 7.86. The van der Waals surface area contributed by atoms with Crippen molar-refractivity contribution in [1.29, 1.82) is 0 Å². The average molecular weight is 223 g/mol. The number of hydrogen-bond donors (Lipinski definition) is 2. The lowest BCUT2D eigenvalue weighted by atomic mass is 10.0. The second kappa shape index (κ2) is 8.19. The summed E-state index contributed by atoms with van der Waals surface area (Å²) in [6.45, 7) is 4.20. The summed E-state index contributed by atoms with van der Waals surface area (Å²) >= 11 is 0. The van der Waals surface area contributed by atoms with Gasteiger partial charge in [0.1, 0.15) is 6.33 Å². The number of nitrogens with zero attached hydrogens (tertiary/aromatic N) is 2. The van der Waals surface area contributed by atoms with Crippen molar-refractivity contribution in [2.75, 3.05) is 13.2 Å². The number of nitrogens with one attached hydrogen (secondary N) is 1. The second-order valence-corrected chi connectivity index (χ2v) is 4.04. The Bertz CT molecular complexity index is 260. The second-order valence-electron chi connectivity index (χ2n) is 4.04. The maximum absolute atomic E-state index is 8.93. The van der Waals surface area contributed by atoms with Gasteiger partial charge in [-0.25, -0.2) is 9.97 Å². The molecule has 0 aliphatic heterocycles. The molecule has 0 amide bonds. The smallest absolute Gasteiger partial charge is 0.115 e. The fraction of sp³-hybridized carbons (Fsp3) is 0.667. The molecule has 0 fully saturated rings. The first kappa shape index (κ1) is 13.1. The third-order valence-corrected chi connectivity index (χ3v) is 2.61. The zero-order valence-corrected chi connectivity index (χ0v) is 9.89. The van der Waals surface area contributed by atoms with E-state index in [1.165, 1.54) is 19.2 Å². The topological polar surface area (TPSA) is 58.0 Å². The number of aromatic nitrogens is 2. The molecule has 1 aromatic heterocycles. The SMILES string of the molecule is CCCC(CCO)CNCc1cncnc1. The lowest BCUT2D eigenvalue weighted by Crippen LogP contribution is -2.23. The van der Waals surface area contributed by atoms with Crippen LogP contribution in [0.2, 0.25) is 0 Å². The molecule has 1 aromatic rings. The molecule has 2 N–H and O–H groups in total. The fourth-order valence-corrected chi connectivity index (χ4v) is 1.78. The van der Waals surface area contributed by atoms with Crippen LogP contribution in [0, 0.1) is 5.92 Å². The molecular weight excluding hydrogens is 202 g/mol. The molecule has 0 aliphatic carbocycles. The molecule has 1 unspecified atom stereocenters. The van der Waals surface area contributed by atoms with Crippen LogP contribution in [-0.4, -0.2) is 28.2 Å². The molecule has 0 saturated carbocycles. The zero-order valence-electron chi connectivity index (χ0n) is 9.89. The maximum Gasteiger partial charge on any atom is 0.115 e. The lowest BCUT2D eigenvalue weighted by Gasteiger charge is -2.15. The first-order valence-electron chi connectivity index (χ1n) is 5.92. The monoisotopic (exact) mass is 223 g/mol. The predicted molar refractivity (Wildman–Crippen MR) is 63.8 cm³/mol. The van der Waals surface area contributed by atoms with E-state index < -0.39 is 0 Å². The van der Waals surface area contributed by atoms with Crippen LogP contribution in [0.3, 0.4) is 0 Å². The van der Waals surface area contributed by atoms with Gasteiger partial charge in [0.2, 0.25) is 0 Å². The fourth-order valence-electron chi connectivity index (χ4n) is 1.78. The van der Waals surface area contributed by atoms with Crippen molar-refractivity contribution in [3.63, 3.8) is 0 Å². The first-order valence-corrected chi connectivity index (χ1v) is 5.92. The molecule has 1 atom stereocenters. The third-order valence-electron chi connectivity index (χ3n) is 2.61. The van der Waals surface area contributed by atoms with Crippen LogP contribution in [0.15, 0.2) is 18.7 Å². The van der Waals surface area contributed by atoms with Gasteiger partial charge in [0.15, 0.2) is 0 Å². The van der Waals surface area contributed by atoms with E-state index in [0.717, 1.165) is 25.1 Å². The summed E-state index contributed by atoms with van der Waals surface area (Å²) in [5.41, 5.74) is 1.10. The van der Waals surface area contributed by atoms with Crippen LogP contribution in [0.1, 0.15) is 31.7 Å². The predicted octanol–water partition coefficient (Wildman–Crippen LogP) is 1.36. The van der Waals surface area contributed by atoms with E-state index in [-0.39, 0.29) is 6.61 Å². The summed E-state index contributed by atoms with van der Waals surface area (Å²) in [5, 5.41) is 12.3. The van der Waals surface area contributed by atoms with Crippen LogP contribution in [0.4, 0.5) is 0 Å². The summed E-state index contributed by atoms with van der Waals surface area (Å²) in [6, 6.07) is 0. The highest BCUT2D eigenvalue weighted by molar-refractivity contribution is 5.01. The van der Waals surface area contributed by atoms with Crippen LogP contribution < -0.4 is 5.32 Å². The molecule has 0 saturated heterocycles. The van der Waals surface area contributed by atoms with E-state index in [0.29, 0.717) is 5.92 Å². The highest BCUT2D eigenvalue weighted by Crippen LogP contribution is 2.09. The molecule has 0 radical (unpaired) electrons. The molecule has 4 nitrogen and oxygen atoms in total. The number of aliphatic hydroxyl groups is 1. The van der Waals surface area contributed by atoms with Gasteiger partial charge in [-0.2, -0.15) is 0 Å². The highest BCUT2D eigenvalue weighted by Gasteiger charge is 2.06. The van der Waals surface area contributed by atoms with Gasteiger partial charge in [-0.3, -0.25) is 0 Å². The molecule has 4 heteroatoms. The Balaban J connectivity index is 2.22. The maximum atomic E-state index is 8.93. The van der Waals surface area contributed by atoms with E-state index in [2.05, 4.69) is 22.2 Å². The molecule has 90 valence electrons. The molecule has 16 heavy (non-hydrogen) atoms. The van der Waals surface area contributed by atoms with Crippen LogP contribution in [-0.2, 0) is 6.54 Å². The van der Waals surface area contributed by atoms with Crippen molar-refractivity contribution in [2.45, 2.75) is 32.7 Å². The third kappa shape index (κ3) is 5.19. The van der Waals surface area contributed by atoms with Gasteiger partial charge in [-0.1, -0.05) is 13.3 Å². The standard InChI is InChI=1S/C12H21N3O/c1-2-3-11(4-5-16)6-13-7-12-8-14-10-15-9-12/h8-11,13,16H,2-7H2,1H3. The Morgan fingerprint density at radius 3 is 2.69 bits per heavy atom. The van der Waals surface area contributed by atoms with Gasteiger partial charge in [0.05, 0.1) is 0 Å². The quantitative estimate of drug-likeness (QED) is 0.698. The van der Waals surface area contributed by atoms with Crippen LogP contribution >= 0.6 is 0 Å². The van der Waals surface area contributed by atoms with Gasteiger partial charge >= 0.3 is 0 Å². The van der Waals surface area contributed by atoms with Crippen molar-refractivity contribution in [3.8, 4) is 0 Å². The van der Waals surface area contributed by atoms with Crippen LogP contribution in [0.25, 0.3) is 0 Å². The Hall–Kier alpha value is -1.00. The molecule has 0 aromatic carbocycles. The van der Waals surface area contributed by atoms with E-state index in [1.807, 2.05) is 12.4 Å². The molecule has 0 spiro atoms. The molecule has 0 aliphatic rings. The summed E-state index contributed by atoms with van der Waals surface area (Å²) in [6.07, 6.45) is 8.39. The summed E-state index contributed by atoms with van der Waals surface area (Å²) in [4.78, 5) is 7.93. The van der Waals surface area contributed by atoms with E-state index in [1.54, 1.807) is 0 Å². The summed E-state index contributed by atoms with van der Waals surface area (Å²) in [5.74, 6) is 0.569. The van der Waals surface area contributed by atoms with Gasteiger partial charge in [-0.15, -0.1) is 0 Å². The van der Waals surface area contributed by atoms with Crippen molar-refractivity contribution < 1.29 is 5.11 Å². The minimum atomic E-state index is 0.279. The van der Waals surface area contributed by atoms with Gasteiger partial charge < -0.3 is 10.4 Å². The van der Waals surface area contributed by atoms with Crippen molar-refractivity contribution in [3.05, 3.63) is 24.3 Å². The number of hydrogen-bond acceptors (Lipinski definition) is 4. The minimum absolute atomic E-state index is 0.279. The lowest BCUT2D eigenvalue weighted by molar-refractivity contribution is 0.248. The zero-order chi connectivity index (χ0) is 11.6. The molecule has 1 rings (SSSR count). The Kier molecular flexibility index (Phi) is 6.69. The van der Waals surface area contributed by atoms with E-state index in [9.17, 15) is 0 Å². The number of rotatable bonds is 8. The largest absolute Gasteiger partial charge is 0.396 e. The summed E-state index contributed by atoms with van der Waals surface area (Å²) in [7, 11) is 0. The average Bonchev–Trinajstić information content (AvgIpc) is 2.31. The Morgan fingerprint density at radius 1 is 1.31 bits per heavy atom. The van der Waals surface area contributed by atoms with Crippen LogP contribution in [0.5, 0.6) is 0 Å². The molecule has 1 heterocycles. The summed E-state index contributed by atoms with van der Waals surface area (Å²) < 4.78 is 0. The van der Waals surface area contributed by atoms with E-state index in [4.69, 9.17) is 5.11 Å². The molecular formula is C12H21N3O. The van der Waals surface area contributed by atoms with Crippen molar-refractivity contribution in [2.24, 2.45) is 5.92 Å². The Labute approximate surface area is 97.1 Å². The normalized spacial score (nSPS) is 12.6. The highest BCUT2D eigenvalue weighted by atomic mass is 16.3. The van der Waals surface area contributed by atoms with Crippen molar-refractivity contribution >= 4 is 0 Å². The van der Waals surface area contributed by atoms with Gasteiger partial charge in [0, 0.05) is 31.1 Å². The van der Waals surface area contributed by atoms with Gasteiger partial charge in [0.25, 0.3) is 0 Å². The van der Waals surface area contributed by atoms with Crippen molar-refractivity contribution in [1.82, 2.24) is 15.3 Å².